The van der Waals surface area contributed by atoms with Gasteiger partial charge in [0.15, 0.2) is 0 Å². The van der Waals surface area contributed by atoms with Crippen LogP contribution >= 0.6 is 34.9 Å². The predicted molar refractivity (Wildman–Crippen MR) is 291 cm³/mol. The second-order valence-corrected chi connectivity index (χ2v) is 22.7. The summed E-state index contributed by atoms with van der Waals surface area (Å²) < 4.78 is 86.1. The van der Waals surface area contributed by atoms with Gasteiger partial charge in [-0.15, -0.1) is 32.2 Å². The Morgan fingerprint density at radius 2 is 1.56 bits per heavy atom. The number of azo groups is 2. The highest BCUT2D eigenvalue weighted by Gasteiger charge is 2.27. The van der Waals surface area contributed by atoms with Crippen LogP contribution in [-0.2, 0) is 25.0 Å². The Balaban J connectivity index is 1.25. The van der Waals surface area contributed by atoms with Crippen LogP contribution < -0.4 is 24.6 Å². The molecule has 386 valence electrons. The summed E-state index contributed by atoms with van der Waals surface area (Å²) >= 11 is 3.94. The van der Waals surface area contributed by atoms with Crippen molar-refractivity contribution in [1.82, 2.24) is 4.98 Å². The van der Waals surface area contributed by atoms with Crippen molar-refractivity contribution in [3.63, 3.8) is 0 Å². The molecular formula is C48H55N11O9S5. The Bertz CT molecular complexity index is 3320. The van der Waals surface area contributed by atoms with E-state index >= 15 is 0 Å². The first-order valence-electron chi connectivity index (χ1n) is 23.4. The molecule has 25 heteroatoms. The molecule has 0 spiro atoms. The fourth-order valence-corrected chi connectivity index (χ4v) is 12.2. The Morgan fingerprint density at radius 1 is 0.836 bits per heavy atom. The molecule has 0 aliphatic carbocycles. The summed E-state index contributed by atoms with van der Waals surface area (Å²) in [5.74, 6) is 2.13. The zero-order valence-corrected chi connectivity index (χ0v) is 45.2. The van der Waals surface area contributed by atoms with Gasteiger partial charge in [0, 0.05) is 60.7 Å². The van der Waals surface area contributed by atoms with E-state index in [-0.39, 0.29) is 39.4 Å². The molecule has 0 saturated heterocycles. The lowest BCUT2D eigenvalue weighted by molar-refractivity contribution is 0.150. The Hall–Kier alpha value is -5.80. The number of anilines is 3. The molecule has 2 unspecified atom stereocenters. The van der Waals surface area contributed by atoms with Crippen LogP contribution in [0.15, 0.2) is 122 Å². The van der Waals surface area contributed by atoms with E-state index in [1.54, 1.807) is 44.2 Å². The quantitative estimate of drug-likeness (QED) is 0.0651. The molecule has 2 atom stereocenters. The van der Waals surface area contributed by atoms with E-state index in [2.05, 4.69) is 32.4 Å². The second-order valence-electron chi connectivity index (χ2n) is 16.6. The average Bonchev–Trinajstić information content (AvgIpc) is 3.71. The molecule has 3 N–H and O–H groups in total. The molecule has 0 radical (unpaired) electrons. The van der Waals surface area contributed by atoms with E-state index in [1.165, 1.54) is 42.1 Å². The number of nitrogens with one attached hydrogen (secondary N) is 1. The molecular weight excluding hydrogens is 1030 g/mol. The number of aromatic nitrogens is 1. The van der Waals surface area contributed by atoms with Crippen LogP contribution in [0.3, 0.4) is 0 Å². The molecule has 0 fully saturated rings. The second kappa shape index (κ2) is 23.2. The topological polar surface area (TPSA) is 254 Å². The van der Waals surface area contributed by atoms with E-state index < -0.39 is 20.2 Å². The molecule has 20 nitrogen and oxygen atoms in total. The Kier molecular flexibility index (Phi) is 17.0. The van der Waals surface area contributed by atoms with Crippen LogP contribution in [0.5, 0.6) is 11.5 Å². The van der Waals surface area contributed by atoms with Gasteiger partial charge in [0.25, 0.3) is 20.2 Å². The number of rotatable bonds is 15. The summed E-state index contributed by atoms with van der Waals surface area (Å²) in [7, 11) is -5.70. The van der Waals surface area contributed by atoms with Crippen LogP contribution in [0.2, 0.25) is 0 Å². The molecule has 8 rings (SSSR count). The number of hydrogen-bond donors (Lipinski definition) is 3. The van der Waals surface area contributed by atoms with Crippen molar-refractivity contribution in [3.05, 3.63) is 77.3 Å². The molecule has 0 amide bonds. The maximum Gasteiger partial charge on any atom is 0.294 e. The number of aliphatic imine (C=N–C) groups is 3. The standard InChI is InChI=1S/C48H55N11O9S5/c1-8-28-19-45(70-42-21-30(72(60,61)62)13-15-32(28)42)56-54-36-25-41(67-7)39-23-34(36)49-46-29(9-2)20-44(69-18-17-68-27-59(39)12-5)52-47(53-46)50-35-24-38(58(10-3)11-4)40(66-6)26-37(35)55-57-48-51-33-16-14-31(73(63,64)65)22-43(33)71-48/h13-16,19,21-26,28-29H,8-12,17-18,20,27H2,1-7H3,(H,49,50,53)(H,60,61,62)(H,63,64,65). The summed E-state index contributed by atoms with van der Waals surface area (Å²) in [6.07, 6.45) is 3.90. The number of ether oxygens (including phenoxy) is 3. The van der Waals surface area contributed by atoms with E-state index in [0.29, 0.717) is 111 Å². The number of methoxy groups -OCH3 is 2. The van der Waals surface area contributed by atoms with Gasteiger partial charge in [0.1, 0.15) is 40.5 Å². The molecule has 3 aliphatic heterocycles. The monoisotopic (exact) mass is 1090 g/mol. The number of thioether (sulfide) groups is 2. The lowest BCUT2D eigenvalue weighted by atomic mass is 9.96. The number of thiazole rings is 1. The van der Waals surface area contributed by atoms with Gasteiger partial charge >= 0.3 is 0 Å². The van der Waals surface area contributed by atoms with Crippen molar-refractivity contribution in [2.45, 2.75) is 74.5 Å². The molecule has 1 aromatic heterocycles. The Labute approximate surface area is 436 Å². The van der Waals surface area contributed by atoms with E-state index in [0.717, 1.165) is 33.3 Å². The smallest absolute Gasteiger partial charge is 0.294 e. The van der Waals surface area contributed by atoms with Crippen LogP contribution in [0.25, 0.3) is 10.2 Å². The third-order valence-electron chi connectivity index (χ3n) is 12.2. The van der Waals surface area contributed by atoms with Gasteiger partial charge in [0.2, 0.25) is 11.1 Å². The molecule has 4 aromatic carbocycles. The van der Waals surface area contributed by atoms with Gasteiger partial charge in [-0.05, 0) is 87.7 Å². The van der Waals surface area contributed by atoms with Crippen molar-refractivity contribution in [1.29, 1.82) is 0 Å². The summed E-state index contributed by atoms with van der Waals surface area (Å²) in [5, 5.41) is 23.7. The van der Waals surface area contributed by atoms with Crippen LogP contribution in [0.1, 0.15) is 65.4 Å². The highest BCUT2D eigenvalue weighted by Crippen LogP contribution is 2.46. The van der Waals surface area contributed by atoms with Gasteiger partial charge < -0.3 is 29.3 Å². The average molecular weight is 1090 g/mol. The maximum absolute atomic E-state index is 12.1. The van der Waals surface area contributed by atoms with Crippen molar-refractivity contribution in [2.24, 2.45) is 41.4 Å². The minimum absolute atomic E-state index is 0.0788. The van der Waals surface area contributed by atoms with Crippen molar-refractivity contribution in [2.75, 3.05) is 68.1 Å². The van der Waals surface area contributed by atoms with Crippen LogP contribution in [-0.4, -0.2) is 101 Å². The number of nitrogens with zero attached hydrogens (tertiary/aromatic N) is 10. The molecule has 4 bridgehead atoms. The van der Waals surface area contributed by atoms with Crippen molar-refractivity contribution in [3.8, 4) is 11.5 Å². The number of benzene rings is 4. The summed E-state index contributed by atoms with van der Waals surface area (Å²) in [4.78, 5) is 24.5. The van der Waals surface area contributed by atoms with Gasteiger partial charge in [0.05, 0.1) is 68.6 Å². The first-order chi connectivity index (χ1) is 35.0. The van der Waals surface area contributed by atoms with Crippen LogP contribution in [0.4, 0.5) is 39.3 Å². The Morgan fingerprint density at radius 3 is 2.26 bits per heavy atom. The van der Waals surface area contributed by atoms with Crippen LogP contribution in [0, 0.1) is 5.92 Å². The van der Waals surface area contributed by atoms with E-state index in [1.807, 2.05) is 50.8 Å². The molecule has 0 saturated carbocycles. The number of amidine groups is 1. The molecule has 5 aromatic rings. The fourth-order valence-electron chi connectivity index (χ4n) is 8.26. The summed E-state index contributed by atoms with van der Waals surface area (Å²) in [6.45, 7) is 12.9. The number of fused-ring (bicyclic) bond motifs is 7. The third kappa shape index (κ3) is 12.4. The van der Waals surface area contributed by atoms with Crippen molar-refractivity contribution < 1.29 is 40.2 Å². The predicted octanol–water partition coefficient (Wildman–Crippen LogP) is 12.2. The SMILES string of the molecule is CCC1CC2=NC(Nc3cc(N(CC)CC)c(OC)cc3N=Nc3nc4ccc(S(=O)(=O)O)cc4s3)=NC1=Nc1cc(c(OC)cc1N=NC1=CC(CC)c3ccc(S(=O)(=O)O)cc3S1)N(CC)COCCS2. The lowest BCUT2D eigenvalue weighted by Crippen LogP contribution is -2.27. The van der Waals surface area contributed by atoms with Gasteiger partial charge in [-0.3, -0.25) is 9.11 Å². The fraction of sp³-hybridized carbons (Fsp3) is 0.375. The van der Waals surface area contributed by atoms with E-state index in [4.69, 9.17) is 39.4 Å². The van der Waals surface area contributed by atoms with Crippen molar-refractivity contribution >= 4 is 121 Å². The lowest BCUT2D eigenvalue weighted by Gasteiger charge is -2.26. The van der Waals surface area contributed by atoms with Gasteiger partial charge in [-0.1, -0.05) is 43.0 Å². The maximum atomic E-state index is 12.1. The third-order valence-corrected chi connectivity index (χ3v) is 16.7. The van der Waals surface area contributed by atoms with E-state index in [9.17, 15) is 25.9 Å². The number of guanidine groups is 1. The largest absolute Gasteiger partial charge is 0.494 e. The number of hydrogen-bond acceptors (Lipinski definition) is 21. The normalized spacial score (nSPS) is 17.7. The van der Waals surface area contributed by atoms with Gasteiger partial charge in [-0.2, -0.15) is 21.8 Å². The minimum Gasteiger partial charge on any atom is -0.494 e. The zero-order valence-electron chi connectivity index (χ0n) is 41.1. The zero-order chi connectivity index (χ0) is 52.0. The highest BCUT2D eigenvalue weighted by atomic mass is 32.2. The highest BCUT2D eigenvalue weighted by molar-refractivity contribution is 8.14. The minimum atomic E-state index is -4.44. The summed E-state index contributed by atoms with van der Waals surface area (Å²) in [5.41, 5.74) is 4.62. The first kappa shape index (κ1) is 53.5. The number of allylic oxidation sites excluding steroid dienone is 1. The van der Waals surface area contributed by atoms with Gasteiger partial charge in [-0.25, -0.2) is 15.0 Å². The molecule has 73 heavy (non-hydrogen) atoms. The summed E-state index contributed by atoms with van der Waals surface area (Å²) in [6, 6.07) is 16.1. The first-order valence-corrected chi connectivity index (χ1v) is 28.9. The molecule has 3 aliphatic rings. The molecule has 4 heterocycles.